The first-order valence-corrected chi connectivity index (χ1v) is 7.21. The van der Waals surface area contributed by atoms with Gasteiger partial charge in [-0.3, -0.25) is 4.79 Å². The van der Waals surface area contributed by atoms with Crippen molar-refractivity contribution >= 4 is 34.8 Å². The van der Waals surface area contributed by atoms with Crippen LogP contribution in [0, 0.1) is 6.92 Å². The second-order valence-corrected chi connectivity index (χ2v) is 5.45. The lowest BCUT2D eigenvalue weighted by Crippen LogP contribution is -2.30. The third-order valence-corrected chi connectivity index (χ3v) is 3.70. The molecular formula is C16H15Cl2NO2. The number of carbonyl (C=O) groups excluding carboxylic acids is 1. The lowest BCUT2D eigenvalue weighted by atomic mass is 10.2. The van der Waals surface area contributed by atoms with Crippen LogP contribution in [-0.4, -0.2) is 12.0 Å². The summed E-state index contributed by atoms with van der Waals surface area (Å²) in [6, 6.07) is 12.6. The van der Waals surface area contributed by atoms with Crippen molar-refractivity contribution in [2.24, 2.45) is 0 Å². The van der Waals surface area contributed by atoms with E-state index in [4.69, 9.17) is 27.9 Å². The van der Waals surface area contributed by atoms with Gasteiger partial charge in [-0.25, -0.2) is 0 Å². The van der Waals surface area contributed by atoms with Gasteiger partial charge in [0.1, 0.15) is 5.75 Å². The summed E-state index contributed by atoms with van der Waals surface area (Å²) in [5.74, 6) is 0.357. The van der Waals surface area contributed by atoms with Crippen molar-refractivity contribution in [3.63, 3.8) is 0 Å². The molecule has 1 N–H and O–H groups in total. The van der Waals surface area contributed by atoms with Crippen LogP contribution in [0.3, 0.4) is 0 Å². The van der Waals surface area contributed by atoms with Crippen LogP contribution >= 0.6 is 23.2 Å². The maximum absolute atomic E-state index is 12.1. The number of rotatable bonds is 4. The molecule has 0 aliphatic carbocycles. The van der Waals surface area contributed by atoms with E-state index in [0.29, 0.717) is 21.5 Å². The number of aryl methyl sites for hydroxylation is 1. The van der Waals surface area contributed by atoms with Crippen LogP contribution < -0.4 is 10.1 Å². The predicted octanol–water partition coefficient (Wildman–Crippen LogP) is 4.71. The summed E-state index contributed by atoms with van der Waals surface area (Å²) in [4.78, 5) is 12.1. The summed E-state index contributed by atoms with van der Waals surface area (Å²) in [6.07, 6.45) is -0.651. The van der Waals surface area contributed by atoms with Crippen molar-refractivity contribution in [2.75, 3.05) is 5.32 Å². The molecule has 5 heteroatoms. The summed E-state index contributed by atoms with van der Waals surface area (Å²) in [5.41, 5.74) is 1.53. The van der Waals surface area contributed by atoms with E-state index in [-0.39, 0.29) is 5.91 Å². The fraction of sp³-hybridized carbons (Fsp3) is 0.188. The van der Waals surface area contributed by atoms with Gasteiger partial charge in [0.15, 0.2) is 6.10 Å². The van der Waals surface area contributed by atoms with E-state index in [1.54, 1.807) is 25.1 Å². The Balaban J connectivity index is 2.04. The van der Waals surface area contributed by atoms with Crippen molar-refractivity contribution < 1.29 is 9.53 Å². The van der Waals surface area contributed by atoms with E-state index in [2.05, 4.69) is 5.32 Å². The van der Waals surface area contributed by atoms with E-state index in [0.717, 1.165) is 5.56 Å². The molecule has 0 saturated carbocycles. The Hall–Kier alpha value is -1.71. The van der Waals surface area contributed by atoms with Gasteiger partial charge in [0.25, 0.3) is 5.91 Å². The molecule has 0 saturated heterocycles. The Morgan fingerprint density at radius 3 is 2.62 bits per heavy atom. The van der Waals surface area contributed by atoms with E-state index < -0.39 is 6.10 Å². The first kappa shape index (κ1) is 15.7. The fourth-order valence-corrected chi connectivity index (χ4v) is 2.13. The SMILES string of the molecule is Cc1cccc(O[C@@H](C)C(=O)Nc2cccc(Cl)c2Cl)c1. The van der Waals surface area contributed by atoms with E-state index in [1.807, 2.05) is 31.2 Å². The second-order valence-electron chi connectivity index (χ2n) is 4.67. The Morgan fingerprint density at radius 2 is 1.90 bits per heavy atom. The van der Waals surface area contributed by atoms with Crippen molar-refractivity contribution in [3.05, 3.63) is 58.1 Å². The van der Waals surface area contributed by atoms with Crippen LogP contribution in [-0.2, 0) is 4.79 Å². The van der Waals surface area contributed by atoms with Gasteiger partial charge in [0.2, 0.25) is 0 Å². The van der Waals surface area contributed by atoms with E-state index in [9.17, 15) is 4.79 Å². The molecule has 2 rings (SSSR count). The molecule has 0 fully saturated rings. The number of benzene rings is 2. The monoisotopic (exact) mass is 323 g/mol. The maximum Gasteiger partial charge on any atom is 0.265 e. The molecule has 1 amide bonds. The van der Waals surface area contributed by atoms with Crippen LogP contribution in [0.2, 0.25) is 10.0 Å². The first-order valence-electron chi connectivity index (χ1n) is 6.45. The van der Waals surface area contributed by atoms with Gasteiger partial charge in [-0.2, -0.15) is 0 Å². The summed E-state index contributed by atoms with van der Waals surface area (Å²) in [6.45, 7) is 3.64. The minimum atomic E-state index is -0.651. The average Bonchev–Trinajstić information content (AvgIpc) is 2.44. The number of hydrogen-bond donors (Lipinski definition) is 1. The highest BCUT2D eigenvalue weighted by Crippen LogP contribution is 2.29. The Bertz CT molecular complexity index is 658. The number of amides is 1. The van der Waals surface area contributed by atoms with Crippen molar-refractivity contribution in [1.82, 2.24) is 0 Å². The third-order valence-electron chi connectivity index (χ3n) is 2.88. The summed E-state index contributed by atoms with van der Waals surface area (Å²) >= 11 is 11.9. The zero-order valence-corrected chi connectivity index (χ0v) is 13.2. The number of hydrogen-bond acceptors (Lipinski definition) is 2. The van der Waals surface area contributed by atoms with E-state index in [1.165, 1.54) is 0 Å². The molecule has 0 unspecified atom stereocenters. The van der Waals surface area contributed by atoms with Gasteiger partial charge in [-0.1, -0.05) is 41.4 Å². The lowest BCUT2D eigenvalue weighted by molar-refractivity contribution is -0.122. The summed E-state index contributed by atoms with van der Waals surface area (Å²) < 4.78 is 5.61. The smallest absolute Gasteiger partial charge is 0.265 e. The topological polar surface area (TPSA) is 38.3 Å². The van der Waals surface area contributed by atoms with Crippen LogP contribution in [0.5, 0.6) is 5.75 Å². The second kappa shape index (κ2) is 6.83. The molecule has 0 aliphatic heterocycles. The minimum Gasteiger partial charge on any atom is -0.481 e. The molecule has 0 radical (unpaired) electrons. The quantitative estimate of drug-likeness (QED) is 0.885. The van der Waals surface area contributed by atoms with Crippen LogP contribution in [0.15, 0.2) is 42.5 Å². The number of nitrogens with one attached hydrogen (secondary N) is 1. The lowest BCUT2D eigenvalue weighted by Gasteiger charge is -2.16. The molecule has 0 heterocycles. The highest BCUT2D eigenvalue weighted by atomic mass is 35.5. The van der Waals surface area contributed by atoms with Gasteiger partial charge in [0.05, 0.1) is 15.7 Å². The van der Waals surface area contributed by atoms with Gasteiger partial charge < -0.3 is 10.1 Å². The Labute approximate surface area is 133 Å². The molecule has 0 spiro atoms. The normalized spacial score (nSPS) is 11.8. The van der Waals surface area contributed by atoms with Gasteiger partial charge >= 0.3 is 0 Å². The third kappa shape index (κ3) is 4.13. The zero-order chi connectivity index (χ0) is 15.4. The Morgan fingerprint density at radius 1 is 1.19 bits per heavy atom. The molecule has 0 bridgehead atoms. The highest BCUT2D eigenvalue weighted by molar-refractivity contribution is 6.44. The number of carbonyl (C=O) groups is 1. The number of halogens is 2. The van der Waals surface area contributed by atoms with Crippen molar-refractivity contribution in [2.45, 2.75) is 20.0 Å². The van der Waals surface area contributed by atoms with Crippen molar-refractivity contribution in [1.29, 1.82) is 0 Å². The fourth-order valence-electron chi connectivity index (χ4n) is 1.78. The molecule has 2 aromatic carbocycles. The molecule has 0 aromatic heterocycles. The highest BCUT2D eigenvalue weighted by Gasteiger charge is 2.16. The maximum atomic E-state index is 12.1. The Kier molecular flexibility index (Phi) is 5.10. The number of ether oxygens (including phenoxy) is 1. The van der Waals surface area contributed by atoms with Crippen molar-refractivity contribution in [3.8, 4) is 5.75 Å². The van der Waals surface area contributed by atoms with Crippen LogP contribution in [0.25, 0.3) is 0 Å². The standard InChI is InChI=1S/C16H15Cl2NO2/c1-10-5-3-6-12(9-10)21-11(2)16(20)19-14-8-4-7-13(17)15(14)18/h3-9,11H,1-2H3,(H,19,20)/t11-/m0/s1. The van der Waals surface area contributed by atoms with Gasteiger partial charge in [-0.15, -0.1) is 0 Å². The first-order chi connectivity index (χ1) is 9.97. The largest absolute Gasteiger partial charge is 0.481 e. The minimum absolute atomic E-state index is 0.291. The molecule has 0 aliphatic rings. The molecule has 1 atom stereocenters. The predicted molar refractivity (Wildman–Crippen MR) is 86.4 cm³/mol. The average molecular weight is 324 g/mol. The number of anilines is 1. The zero-order valence-electron chi connectivity index (χ0n) is 11.7. The van der Waals surface area contributed by atoms with Crippen LogP contribution in [0.4, 0.5) is 5.69 Å². The van der Waals surface area contributed by atoms with Gasteiger partial charge in [0, 0.05) is 0 Å². The molecule has 2 aromatic rings. The van der Waals surface area contributed by atoms with E-state index >= 15 is 0 Å². The molecule has 3 nitrogen and oxygen atoms in total. The van der Waals surface area contributed by atoms with Gasteiger partial charge in [-0.05, 0) is 43.7 Å². The molecule has 110 valence electrons. The molecule has 21 heavy (non-hydrogen) atoms. The summed E-state index contributed by atoms with van der Waals surface area (Å²) in [5, 5.41) is 3.41. The summed E-state index contributed by atoms with van der Waals surface area (Å²) in [7, 11) is 0. The molecular weight excluding hydrogens is 309 g/mol. The van der Waals surface area contributed by atoms with Crippen LogP contribution in [0.1, 0.15) is 12.5 Å².